The first-order chi connectivity index (χ1) is 20.6. The molecule has 1 aliphatic rings. The van der Waals surface area contributed by atoms with E-state index < -0.39 is 34.4 Å². The predicted molar refractivity (Wildman–Crippen MR) is 158 cm³/mol. The number of thiazole rings is 1. The number of methoxy groups -OCH3 is 1. The first kappa shape index (κ1) is 29.1. The number of benzene rings is 3. The number of aliphatic hydroxyl groups is 1. The minimum atomic E-state index is -1.19. The van der Waals surface area contributed by atoms with Crippen molar-refractivity contribution in [2.75, 3.05) is 12.0 Å². The normalized spacial score (nSPS) is 15.9. The highest BCUT2D eigenvalue weighted by atomic mass is 32.1. The Balaban J connectivity index is 1.59. The van der Waals surface area contributed by atoms with E-state index in [1.807, 2.05) is 30.3 Å². The fraction of sp³-hybridized carbons (Fsp3) is 0.161. The highest BCUT2D eigenvalue weighted by Crippen LogP contribution is 2.44. The van der Waals surface area contributed by atoms with Gasteiger partial charge in [0.25, 0.3) is 11.5 Å². The van der Waals surface area contributed by atoms with Gasteiger partial charge in [-0.1, -0.05) is 41.7 Å². The van der Waals surface area contributed by atoms with E-state index in [9.17, 15) is 29.6 Å². The third-order valence-corrected chi connectivity index (χ3v) is 8.05. The van der Waals surface area contributed by atoms with Crippen molar-refractivity contribution in [1.29, 1.82) is 0 Å². The number of aromatic nitrogens is 1. The molecule has 0 unspecified atom stereocenters. The van der Waals surface area contributed by atoms with Crippen LogP contribution in [-0.4, -0.2) is 39.8 Å². The molecular weight excluding hydrogens is 574 g/mol. The third kappa shape index (κ3) is 5.60. The first-order valence-electron chi connectivity index (χ1n) is 13.0. The second-order valence-electron chi connectivity index (χ2n) is 9.67. The average Bonchev–Trinajstić information content (AvgIpc) is 3.52. The van der Waals surface area contributed by atoms with Crippen LogP contribution in [0.3, 0.4) is 0 Å². The number of Topliss-reactive ketones (excluding diaryl/α,β-unsaturated/α-hetero) is 1. The average molecular weight is 600 g/mol. The summed E-state index contributed by atoms with van der Waals surface area (Å²) >= 11 is 0.858. The zero-order valence-corrected chi connectivity index (χ0v) is 24.1. The van der Waals surface area contributed by atoms with Gasteiger partial charge in [0.15, 0.2) is 5.13 Å². The maximum absolute atomic E-state index is 13.5. The van der Waals surface area contributed by atoms with E-state index in [1.165, 1.54) is 31.4 Å². The molecule has 3 aromatic carbocycles. The fourth-order valence-electron chi connectivity index (χ4n) is 4.74. The van der Waals surface area contributed by atoms with Crippen LogP contribution in [0.5, 0.6) is 5.75 Å². The number of anilines is 1. The lowest BCUT2D eigenvalue weighted by atomic mass is 9.94. The van der Waals surface area contributed by atoms with E-state index in [2.05, 4.69) is 4.98 Å². The number of hydrogen-bond donors (Lipinski definition) is 1. The summed E-state index contributed by atoms with van der Waals surface area (Å²) < 4.78 is 10.7. The molecule has 0 saturated carbocycles. The van der Waals surface area contributed by atoms with E-state index >= 15 is 0 Å². The zero-order valence-electron chi connectivity index (χ0n) is 23.3. The second kappa shape index (κ2) is 11.9. The standard InChI is InChI=1S/C31H25N3O8S/c1-17-15-21(11-14-23(17)42-16-19-7-5-4-6-8-19)26(35)24-25(20-9-12-22(13-10-20)34(39)40)33(29(37)27(24)36)31-32-18(2)28(43-31)30(38)41-3/h4-15,25,35H,16H2,1-3H3/b26-24+/t25-/m0/s1. The first-order valence-corrected chi connectivity index (χ1v) is 13.8. The Morgan fingerprint density at radius 3 is 2.40 bits per heavy atom. The molecule has 5 rings (SSSR count). The SMILES string of the molecule is COC(=O)c1sc(N2C(=O)C(=O)/C(=C(/O)c3ccc(OCc4ccccc4)c(C)c3)[C@@H]2c2ccc([N+](=O)[O-])cc2)nc1C. The van der Waals surface area contributed by atoms with Crippen LogP contribution in [0.2, 0.25) is 0 Å². The van der Waals surface area contributed by atoms with Gasteiger partial charge in [-0.25, -0.2) is 9.78 Å². The number of ketones is 1. The van der Waals surface area contributed by atoms with Crippen LogP contribution in [0.25, 0.3) is 5.76 Å². The molecule has 4 aromatic rings. The topological polar surface area (TPSA) is 149 Å². The summed E-state index contributed by atoms with van der Waals surface area (Å²) in [5.41, 5.74) is 2.10. The second-order valence-corrected chi connectivity index (χ2v) is 10.7. The molecule has 1 atom stereocenters. The van der Waals surface area contributed by atoms with Gasteiger partial charge in [-0.2, -0.15) is 0 Å². The lowest BCUT2D eigenvalue weighted by Crippen LogP contribution is -2.29. The van der Waals surface area contributed by atoms with E-state index in [1.54, 1.807) is 32.0 Å². The van der Waals surface area contributed by atoms with Crippen LogP contribution in [0.4, 0.5) is 10.8 Å². The molecule has 1 saturated heterocycles. The van der Waals surface area contributed by atoms with Crippen LogP contribution in [0.1, 0.15) is 43.7 Å². The van der Waals surface area contributed by atoms with Crippen molar-refractivity contribution < 1.29 is 33.9 Å². The molecule has 11 nitrogen and oxygen atoms in total. The monoisotopic (exact) mass is 599 g/mol. The molecule has 1 N–H and O–H groups in total. The fourth-order valence-corrected chi connectivity index (χ4v) is 5.75. The number of ether oxygens (including phenoxy) is 2. The Kier molecular flexibility index (Phi) is 8.04. The van der Waals surface area contributed by atoms with Crippen molar-refractivity contribution in [1.82, 2.24) is 4.98 Å². The van der Waals surface area contributed by atoms with E-state index in [-0.39, 0.29) is 32.5 Å². The van der Waals surface area contributed by atoms with Gasteiger partial charge in [-0.15, -0.1) is 0 Å². The number of esters is 1. The number of carbonyl (C=O) groups is 3. The molecule has 0 radical (unpaired) electrons. The summed E-state index contributed by atoms with van der Waals surface area (Å²) in [5, 5.41) is 22.8. The Morgan fingerprint density at radius 1 is 1.07 bits per heavy atom. The summed E-state index contributed by atoms with van der Waals surface area (Å²) in [6.45, 7) is 3.68. The zero-order chi connectivity index (χ0) is 30.8. The lowest BCUT2D eigenvalue weighted by molar-refractivity contribution is -0.384. The van der Waals surface area contributed by atoms with Gasteiger partial charge in [0.05, 0.1) is 29.3 Å². The molecule has 43 heavy (non-hydrogen) atoms. The molecule has 0 aliphatic carbocycles. The molecule has 0 spiro atoms. The lowest BCUT2D eigenvalue weighted by Gasteiger charge is -2.23. The summed E-state index contributed by atoms with van der Waals surface area (Å²) in [6.07, 6.45) is 0. The van der Waals surface area contributed by atoms with Crippen molar-refractivity contribution in [2.24, 2.45) is 0 Å². The van der Waals surface area contributed by atoms with Crippen molar-refractivity contribution in [3.63, 3.8) is 0 Å². The van der Waals surface area contributed by atoms with Gasteiger partial charge < -0.3 is 14.6 Å². The van der Waals surface area contributed by atoms with Gasteiger partial charge in [0.2, 0.25) is 0 Å². The Hall–Kier alpha value is -5.36. The molecule has 0 bridgehead atoms. The van der Waals surface area contributed by atoms with Crippen LogP contribution in [0, 0.1) is 24.0 Å². The number of hydrogen-bond acceptors (Lipinski definition) is 10. The molecule has 12 heteroatoms. The largest absolute Gasteiger partial charge is 0.507 e. The third-order valence-electron chi connectivity index (χ3n) is 6.91. The number of nitrogens with zero attached hydrogens (tertiary/aromatic N) is 3. The van der Waals surface area contributed by atoms with Crippen LogP contribution < -0.4 is 9.64 Å². The van der Waals surface area contributed by atoms with Gasteiger partial charge in [-0.3, -0.25) is 24.6 Å². The molecule has 1 aromatic heterocycles. The van der Waals surface area contributed by atoms with Gasteiger partial charge in [0.1, 0.15) is 23.0 Å². The minimum Gasteiger partial charge on any atom is -0.507 e. The molecular formula is C31H25N3O8S. The number of aryl methyl sites for hydroxylation is 2. The highest BCUT2D eigenvalue weighted by molar-refractivity contribution is 7.17. The van der Waals surface area contributed by atoms with Crippen LogP contribution in [0.15, 0.2) is 78.4 Å². The summed E-state index contributed by atoms with van der Waals surface area (Å²) in [6, 6.07) is 18.6. The van der Waals surface area contributed by atoms with Crippen molar-refractivity contribution >= 4 is 45.6 Å². The number of non-ortho nitro benzene ring substituents is 1. The Labute approximate surface area is 249 Å². The number of carbonyl (C=O) groups excluding carboxylic acids is 3. The minimum absolute atomic E-state index is 0.0308. The maximum atomic E-state index is 13.5. The number of aliphatic hydroxyl groups excluding tert-OH is 1. The maximum Gasteiger partial charge on any atom is 0.350 e. The van der Waals surface area contributed by atoms with Crippen molar-refractivity contribution in [3.8, 4) is 5.75 Å². The Bertz CT molecular complexity index is 1780. The summed E-state index contributed by atoms with van der Waals surface area (Å²) in [5.74, 6) is -2.48. The number of rotatable bonds is 8. The van der Waals surface area contributed by atoms with Gasteiger partial charge in [-0.05, 0) is 60.9 Å². The number of nitro benzene ring substituents is 1. The molecule has 1 fully saturated rings. The van der Waals surface area contributed by atoms with Gasteiger partial charge in [0, 0.05) is 17.7 Å². The number of nitro groups is 1. The molecule has 1 aliphatic heterocycles. The van der Waals surface area contributed by atoms with E-state index in [4.69, 9.17) is 9.47 Å². The highest BCUT2D eigenvalue weighted by Gasteiger charge is 2.48. The summed E-state index contributed by atoms with van der Waals surface area (Å²) in [4.78, 5) is 55.5. The smallest absolute Gasteiger partial charge is 0.350 e. The van der Waals surface area contributed by atoms with Crippen molar-refractivity contribution in [2.45, 2.75) is 26.5 Å². The molecule has 2 heterocycles. The molecule has 1 amide bonds. The van der Waals surface area contributed by atoms with Crippen molar-refractivity contribution in [3.05, 3.63) is 121 Å². The predicted octanol–water partition coefficient (Wildman–Crippen LogP) is 5.66. The quantitative estimate of drug-likeness (QED) is 0.0676. The van der Waals surface area contributed by atoms with Gasteiger partial charge >= 0.3 is 11.9 Å². The van der Waals surface area contributed by atoms with E-state index in [0.29, 0.717) is 23.5 Å². The van der Waals surface area contributed by atoms with Crippen LogP contribution in [-0.2, 0) is 20.9 Å². The Morgan fingerprint density at radius 2 is 1.77 bits per heavy atom. The van der Waals surface area contributed by atoms with E-state index in [0.717, 1.165) is 21.8 Å². The van der Waals surface area contributed by atoms with Crippen LogP contribution >= 0.6 is 11.3 Å². The number of amides is 1. The summed E-state index contributed by atoms with van der Waals surface area (Å²) in [7, 11) is 1.21. The molecule has 218 valence electrons.